The van der Waals surface area contributed by atoms with Crippen molar-refractivity contribution in [1.29, 1.82) is 0 Å². The molecular weight excluding hydrogens is 266 g/mol. The quantitative estimate of drug-likeness (QED) is 0.315. The minimum absolute atomic E-state index is 0.119. The van der Waals surface area contributed by atoms with E-state index in [2.05, 4.69) is 0 Å². The summed E-state index contributed by atoms with van der Waals surface area (Å²) in [5.74, 6) is 0.326. The van der Waals surface area contributed by atoms with Crippen LogP contribution in [0.25, 0.3) is 0 Å². The largest absolute Gasteiger partial charge is 0.493 e. The van der Waals surface area contributed by atoms with E-state index in [1.54, 1.807) is 6.92 Å². The van der Waals surface area contributed by atoms with E-state index in [1.807, 2.05) is 0 Å². The minimum atomic E-state index is -0.524. The second-order valence-corrected chi connectivity index (χ2v) is 3.85. The fourth-order valence-corrected chi connectivity index (χ4v) is 1.54. The molecule has 0 spiro atoms. The van der Waals surface area contributed by atoms with Crippen molar-refractivity contribution in [3.63, 3.8) is 0 Å². The zero-order valence-electron chi connectivity index (χ0n) is 11.5. The van der Waals surface area contributed by atoms with E-state index in [-0.39, 0.29) is 23.8 Å². The third-order valence-electron chi connectivity index (χ3n) is 2.45. The van der Waals surface area contributed by atoms with Crippen LogP contribution in [0.2, 0.25) is 0 Å². The topological polar surface area (TPSA) is 87.9 Å². The molecule has 0 saturated carbocycles. The van der Waals surface area contributed by atoms with Crippen molar-refractivity contribution in [3.05, 3.63) is 28.3 Å². The molecule has 0 saturated heterocycles. The number of hydrogen-bond acceptors (Lipinski definition) is 6. The molecule has 0 unspecified atom stereocenters. The Kier molecular flexibility index (Phi) is 6.28. The lowest BCUT2D eigenvalue weighted by Crippen LogP contribution is -2.06. The Hall–Kier alpha value is -2.31. The Bertz CT molecular complexity index is 474. The highest BCUT2D eigenvalue weighted by Gasteiger charge is 2.15. The highest BCUT2D eigenvalue weighted by Crippen LogP contribution is 2.30. The minimum Gasteiger partial charge on any atom is -0.493 e. The second-order valence-electron chi connectivity index (χ2n) is 3.85. The van der Waals surface area contributed by atoms with Crippen molar-refractivity contribution in [2.75, 3.05) is 20.3 Å². The van der Waals surface area contributed by atoms with Crippen molar-refractivity contribution in [2.45, 2.75) is 19.8 Å². The van der Waals surface area contributed by atoms with Crippen LogP contribution in [0, 0.1) is 10.1 Å². The van der Waals surface area contributed by atoms with Crippen LogP contribution in [0.4, 0.5) is 5.69 Å². The first-order valence-electron chi connectivity index (χ1n) is 6.19. The van der Waals surface area contributed by atoms with Crippen LogP contribution < -0.4 is 9.47 Å². The van der Waals surface area contributed by atoms with Crippen LogP contribution in [0.3, 0.4) is 0 Å². The van der Waals surface area contributed by atoms with E-state index in [0.29, 0.717) is 25.4 Å². The molecule has 7 nitrogen and oxygen atoms in total. The van der Waals surface area contributed by atoms with E-state index in [0.717, 1.165) is 0 Å². The lowest BCUT2D eigenvalue weighted by atomic mass is 10.2. The number of carbonyl (C=O) groups is 1. The van der Waals surface area contributed by atoms with Gasteiger partial charge in [0.15, 0.2) is 0 Å². The van der Waals surface area contributed by atoms with Gasteiger partial charge in [0.25, 0.3) is 0 Å². The lowest BCUT2D eigenvalue weighted by Gasteiger charge is -2.08. The number of nitro groups is 1. The zero-order chi connectivity index (χ0) is 15.0. The number of nitrogens with zero attached hydrogens (tertiary/aromatic N) is 1. The summed E-state index contributed by atoms with van der Waals surface area (Å²) in [6.07, 6.45) is 0.788. The third-order valence-corrected chi connectivity index (χ3v) is 2.45. The van der Waals surface area contributed by atoms with Crippen molar-refractivity contribution in [1.82, 2.24) is 0 Å². The number of ether oxygens (including phenoxy) is 3. The van der Waals surface area contributed by atoms with Gasteiger partial charge in [-0.1, -0.05) is 0 Å². The highest BCUT2D eigenvalue weighted by atomic mass is 16.6. The van der Waals surface area contributed by atoms with E-state index in [4.69, 9.17) is 14.2 Å². The summed E-state index contributed by atoms with van der Waals surface area (Å²) < 4.78 is 15.1. The molecule has 0 N–H and O–H groups in total. The van der Waals surface area contributed by atoms with Crippen molar-refractivity contribution in [2.24, 2.45) is 0 Å². The molecule has 1 aromatic rings. The van der Waals surface area contributed by atoms with Gasteiger partial charge in [-0.05, 0) is 19.4 Å². The highest BCUT2D eigenvalue weighted by molar-refractivity contribution is 5.69. The Morgan fingerprint density at radius 1 is 1.40 bits per heavy atom. The van der Waals surface area contributed by atoms with Gasteiger partial charge in [0, 0.05) is 18.6 Å². The summed E-state index contributed by atoms with van der Waals surface area (Å²) in [4.78, 5) is 21.3. The first-order valence-corrected chi connectivity index (χ1v) is 6.19. The molecule has 1 aromatic carbocycles. The summed E-state index contributed by atoms with van der Waals surface area (Å²) >= 11 is 0. The van der Waals surface area contributed by atoms with Crippen molar-refractivity contribution >= 4 is 11.7 Å². The first kappa shape index (κ1) is 15.7. The van der Waals surface area contributed by atoms with Gasteiger partial charge in [-0.25, -0.2) is 0 Å². The van der Waals surface area contributed by atoms with E-state index in [1.165, 1.54) is 25.3 Å². The number of carbonyl (C=O) groups excluding carboxylic acids is 1. The summed E-state index contributed by atoms with van der Waals surface area (Å²) in [5, 5.41) is 10.7. The fraction of sp³-hybridized carbons (Fsp3) is 0.462. The van der Waals surface area contributed by atoms with E-state index >= 15 is 0 Å². The Morgan fingerprint density at radius 3 is 2.75 bits per heavy atom. The number of benzene rings is 1. The molecule has 7 heteroatoms. The van der Waals surface area contributed by atoms with Gasteiger partial charge in [0.05, 0.1) is 25.2 Å². The first-order chi connectivity index (χ1) is 9.58. The molecule has 0 aliphatic rings. The molecule has 0 atom stereocenters. The van der Waals surface area contributed by atoms with Crippen molar-refractivity contribution < 1.29 is 23.9 Å². The lowest BCUT2D eigenvalue weighted by molar-refractivity contribution is -0.385. The number of methoxy groups -OCH3 is 1. The molecule has 0 amide bonds. The van der Waals surface area contributed by atoms with Gasteiger partial charge < -0.3 is 14.2 Å². The van der Waals surface area contributed by atoms with Crippen LogP contribution in [0.15, 0.2) is 18.2 Å². The number of esters is 1. The molecule has 0 aromatic heterocycles. The average molecular weight is 283 g/mol. The zero-order valence-corrected chi connectivity index (χ0v) is 11.5. The van der Waals surface area contributed by atoms with Gasteiger partial charge in [-0.3, -0.25) is 14.9 Å². The van der Waals surface area contributed by atoms with Crippen LogP contribution in [0.1, 0.15) is 19.8 Å². The summed E-state index contributed by atoms with van der Waals surface area (Å²) in [7, 11) is 1.35. The summed E-state index contributed by atoms with van der Waals surface area (Å²) in [5.41, 5.74) is -0.119. The van der Waals surface area contributed by atoms with Crippen molar-refractivity contribution in [3.8, 4) is 11.5 Å². The second kappa shape index (κ2) is 7.98. The standard InChI is InChI=1S/C13H17NO6/c1-3-19-13(15)5-4-8-20-10-6-7-11(14(16)17)12(9-10)18-2/h6-7,9H,3-5,8H2,1-2H3. The van der Waals surface area contributed by atoms with Crippen LogP contribution in [-0.4, -0.2) is 31.2 Å². The maximum Gasteiger partial charge on any atom is 0.311 e. The molecule has 20 heavy (non-hydrogen) atoms. The smallest absolute Gasteiger partial charge is 0.311 e. The Morgan fingerprint density at radius 2 is 2.15 bits per heavy atom. The number of rotatable bonds is 8. The van der Waals surface area contributed by atoms with Gasteiger partial charge in [0.1, 0.15) is 5.75 Å². The van der Waals surface area contributed by atoms with Gasteiger partial charge >= 0.3 is 11.7 Å². The molecule has 0 bridgehead atoms. The molecule has 0 heterocycles. The average Bonchev–Trinajstić information content (AvgIpc) is 2.43. The third kappa shape index (κ3) is 4.75. The molecular formula is C13H17NO6. The van der Waals surface area contributed by atoms with E-state index in [9.17, 15) is 14.9 Å². The van der Waals surface area contributed by atoms with E-state index < -0.39 is 4.92 Å². The van der Waals surface area contributed by atoms with Crippen LogP contribution >= 0.6 is 0 Å². The summed E-state index contributed by atoms with van der Waals surface area (Å²) in [6, 6.07) is 4.26. The van der Waals surface area contributed by atoms with Gasteiger partial charge in [-0.15, -0.1) is 0 Å². The monoisotopic (exact) mass is 283 g/mol. The Balaban J connectivity index is 2.49. The predicted octanol–water partition coefficient (Wildman–Crippen LogP) is 2.33. The predicted molar refractivity (Wildman–Crippen MR) is 71.0 cm³/mol. The Labute approximate surface area is 116 Å². The SMILES string of the molecule is CCOC(=O)CCCOc1ccc([N+](=O)[O-])c(OC)c1. The molecule has 0 aliphatic heterocycles. The van der Waals surface area contributed by atoms with Crippen LogP contribution in [0.5, 0.6) is 11.5 Å². The molecule has 0 aliphatic carbocycles. The molecule has 110 valence electrons. The van der Waals surface area contributed by atoms with Gasteiger partial charge in [-0.2, -0.15) is 0 Å². The fourth-order valence-electron chi connectivity index (χ4n) is 1.54. The summed E-state index contributed by atoms with van der Waals surface area (Å²) in [6.45, 7) is 2.43. The van der Waals surface area contributed by atoms with Crippen LogP contribution in [-0.2, 0) is 9.53 Å². The number of hydrogen-bond donors (Lipinski definition) is 0. The molecule has 0 fully saturated rings. The normalized spacial score (nSPS) is 9.90. The number of nitro benzene ring substituents is 1. The molecule has 1 rings (SSSR count). The molecule has 0 radical (unpaired) electrons. The maximum absolute atomic E-state index is 11.1. The van der Waals surface area contributed by atoms with Gasteiger partial charge in [0.2, 0.25) is 5.75 Å². The maximum atomic E-state index is 11.1.